The molecule has 0 aromatic carbocycles. The fourth-order valence-electron chi connectivity index (χ4n) is 2.94. The number of nitrogens with one attached hydrogen (secondary N) is 1. The number of piperazine rings is 1. The number of nitrogens with zero attached hydrogens (tertiary/aromatic N) is 5. The lowest BCUT2D eigenvalue weighted by Gasteiger charge is -2.37. The summed E-state index contributed by atoms with van der Waals surface area (Å²) < 4.78 is 5.18. The quantitative estimate of drug-likeness (QED) is 0.401. The second kappa shape index (κ2) is 10.9. The molecule has 3 rings (SSSR count). The van der Waals surface area contributed by atoms with Gasteiger partial charge in [-0.05, 0) is 30.7 Å². The van der Waals surface area contributed by atoms with Crippen LogP contribution in [-0.2, 0) is 6.54 Å². The first-order valence-electron chi connectivity index (χ1n) is 8.98. The first-order chi connectivity index (χ1) is 12.8. The summed E-state index contributed by atoms with van der Waals surface area (Å²) in [4.78, 5) is 18.0. The third-order valence-corrected chi connectivity index (χ3v) is 4.31. The van der Waals surface area contributed by atoms with Gasteiger partial charge in [0.05, 0.1) is 13.7 Å². The summed E-state index contributed by atoms with van der Waals surface area (Å²) in [7, 11) is 1.63. The molecule has 0 unspecified atom stereocenters. The Morgan fingerprint density at radius 1 is 1.15 bits per heavy atom. The fourth-order valence-corrected chi connectivity index (χ4v) is 2.94. The number of hydrogen-bond donors (Lipinski definition) is 1. The summed E-state index contributed by atoms with van der Waals surface area (Å²) in [6.45, 7) is 7.24. The molecule has 0 bridgehead atoms. The van der Waals surface area contributed by atoms with Gasteiger partial charge in [-0.3, -0.25) is 0 Å². The van der Waals surface area contributed by atoms with Gasteiger partial charge < -0.3 is 19.9 Å². The van der Waals surface area contributed by atoms with Crippen LogP contribution in [0.2, 0.25) is 0 Å². The number of anilines is 1. The first kappa shape index (κ1) is 21.2. The van der Waals surface area contributed by atoms with Gasteiger partial charge in [0.15, 0.2) is 5.96 Å². The highest BCUT2D eigenvalue weighted by Crippen LogP contribution is 2.13. The van der Waals surface area contributed by atoms with Gasteiger partial charge in [-0.2, -0.15) is 0 Å². The van der Waals surface area contributed by atoms with E-state index < -0.39 is 0 Å². The van der Waals surface area contributed by atoms with Crippen LogP contribution in [-0.4, -0.2) is 60.7 Å². The van der Waals surface area contributed by atoms with E-state index in [1.54, 1.807) is 13.3 Å². The summed E-state index contributed by atoms with van der Waals surface area (Å²) in [5.74, 6) is 2.61. The van der Waals surface area contributed by atoms with Crippen molar-refractivity contribution in [2.45, 2.75) is 13.5 Å². The lowest BCUT2D eigenvalue weighted by atomic mass is 10.2. The van der Waals surface area contributed by atoms with Crippen LogP contribution >= 0.6 is 24.0 Å². The van der Waals surface area contributed by atoms with Crippen LogP contribution in [0.5, 0.6) is 5.88 Å². The van der Waals surface area contributed by atoms with Crippen LogP contribution in [0.4, 0.5) is 5.82 Å². The van der Waals surface area contributed by atoms with E-state index in [0.29, 0.717) is 12.4 Å². The molecule has 3 heterocycles. The van der Waals surface area contributed by atoms with Crippen molar-refractivity contribution in [2.24, 2.45) is 4.99 Å². The maximum Gasteiger partial charge on any atom is 0.213 e. The highest BCUT2D eigenvalue weighted by atomic mass is 127. The third-order valence-electron chi connectivity index (χ3n) is 4.31. The van der Waals surface area contributed by atoms with E-state index in [2.05, 4.69) is 38.1 Å². The Hall–Kier alpha value is -2.10. The Balaban J connectivity index is 0.00000261. The average molecular weight is 482 g/mol. The topological polar surface area (TPSA) is 65.9 Å². The molecular weight excluding hydrogens is 455 g/mol. The van der Waals surface area contributed by atoms with Crippen LogP contribution in [0.25, 0.3) is 0 Å². The number of aliphatic imine (C=N–C) groups is 1. The smallest absolute Gasteiger partial charge is 0.213 e. The molecule has 146 valence electrons. The second-order valence-electron chi connectivity index (χ2n) is 6.04. The zero-order valence-electron chi connectivity index (χ0n) is 15.8. The molecule has 1 aliphatic rings. The molecule has 1 saturated heterocycles. The molecule has 0 saturated carbocycles. The van der Waals surface area contributed by atoms with Crippen molar-refractivity contribution in [3.63, 3.8) is 0 Å². The third kappa shape index (κ3) is 5.95. The number of aromatic nitrogens is 2. The van der Waals surface area contributed by atoms with Gasteiger partial charge in [0, 0.05) is 51.2 Å². The normalized spacial score (nSPS) is 14.5. The van der Waals surface area contributed by atoms with Crippen molar-refractivity contribution in [1.29, 1.82) is 0 Å². The van der Waals surface area contributed by atoms with Gasteiger partial charge in [0.2, 0.25) is 5.88 Å². The summed E-state index contributed by atoms with van der Waals surface area (Å²) in [5, 5.41) is 3.40. The number of ether oxygens (including phenoxy) is 1. The van der Waals surface area contributed by atoms with E-state index in [9.17, 15) is 0 Å². The molecule has 0 radical (unpaired) electrons. The molecule has 2 aromatic rings. The van der Waals surface area contributed by atoms with Gasteiger partial charge in [0.1, 0.15) is 5.82 Å². The molecule has 7 nitrogen and oxygen atoms in total. The van der Waals surface area contributed by atoms with Gasteiger partial charge in [-0.1, -0.05) is 6.07 Å². The average Bonchev–Trinajstić information content (AvgIpc) is 2.72. The lowest BCUT2D eigenvalue weighted by Crippen LogP contribution is -2.52. The van der Waals surface area contributed by atoms with Gasteiger partial charge >= 0.3 is 0 Å². The zero-order valence-corrected chi connectivity index (χ0v) is 18.2. The Kier molecular flexibility index (Phi) is 8.56. The summed E-state index contributed by atoms with van der Waals surface area (Å²) in [6.07, 6.45) is 3.60. The van der Waals surface area contributed by atoms with E-state index in [-0.39, 0.29) is 24.0 Å². The Labute approximate surface area is 177 Å². The van der Waals surface area contributed by atoms with E-state index in [1.807, 2.05) is 30.5 Å². The number of guanidine groups is 1. The molecule has 1 aliphatic heterocycles. The summed E-state index contributed by atoms with van der Waals surface area (Å²) in [5.41, 5.74) is 1.08. The lowest BCUT2D eigenvalue weighted by molar-refractivity contribution is 0.371. The molecule has 1 fully saturated rings. The van der Waals surface area contributed by atoms with Crippen LogP contribution in [0, 0.1) is 0 Å². The monoisotopic (exact) mass is 482 g/mol. The van der Waals surface area contributed by atoms with Crippen molar-refractivity contribution in [3.05, 3.63) is 48.3 Å². The first-order valence-corrected chi connectivity index (χ1v) is 8.98. The summed E-state index contributed by atoms with van der Waals surface area (Å²) >= 11 is 0. The molecule has 2 aromatic heterocycles. The van der Waals surface area contributed by atoms with Gasteiger partial charge in [0.25, 0.3) is 0 Å². The maximum atomic E-state index is 5.18. The molecule has 0 amide bonds. The molecular formula is C19H27IN6O. The van der Waals surface area contributed by atoms with E-state index >= 15 is 0 Å². The Morgan fingerprint density at radius 2 is 1.96 bits per heavy atom. The highest BCUT2D eigenvalue weighted by molar-refractivity contribution is 14.0. The second-order valence-corrected chi connectivity index (χ2v) is 6.04. The fraction of sp³-hybridized carbons (Fsp3) is 0.421. The number of rotatable bonds is 5. The number of hydrogen-bond acceptors (Lipinski definition) is 5. The van der Waals surface area contributed by atoms with Crippen molar-refractivity contribution in [1.82, 2.24) is 20.2 Å². The zero-order chi connectivity index (χ0) is 18.2. The minimum Gasteiger partial charge on any atom is -0.481 e. The van der Waals surface area contributed by atoms with Crippen molar-refractivity contribution >= 4 is 35.8 Å². The van der Waals surface area contributed by atoms with Crippen LogP contribution < -0.4 is 15.0 Å². The molecule has 1 N–H and O–H groups in total. The van der Waals surface area contributed by atoms with Crippen LogP contribution in [0.3, 0.4) is 0 Å². The van der Waals surface area contributed by atoms with Gasteiger partial charge in [-0.15, -0.1) is 24.0 Å². The largest absolute Gasteiger partial charge is 0.481 e. The Bertz CT molecular complexity index is 719. The minimum atomic E-state index is 0. The molecule has 27 heavy (non-hydrogen) atoms. The number of halogens is 1. The van der Waals surface area contributed by atoms with Crippen molar-refractivity contribution in [3.8, 4) is 5.88 Å². The molecule has 8 heteroatoms. The standard InChI is InChI=1S/C19H26N6O.HI/c1-3-20-19(23-15-16-7-9-22-18(14-16)26-2)25-12-10-24(11-13-25)17-6-4-5-8-21-17;/h4-9,14H,3,10-13,15H2,1-2H3,(H,20,23);1H. The van der Waals surface area contributed by atoms with Crippen LogP contribution in [0.1, 0.15) is 12.5 Å². The molecule has 0 aliphatic carbocycles. The maximum absolute atomic E-state index is 5.18. The number of pyridine rings is 2. The predicted molar refractivity (Wildman–Crippen MR) is 119 cm³/mol. The number of methoxy groups -OCH3 is 1. The molecule has 0 atom stereocenters. The van der Waals surface area contributed by atoms with Crippen molar-refractivity contribution < 1.29 is 4.74 Å². The van der Waals surface area contributed by atoms with Crippen LogP contribution in [0.15, 0.2) is 47.7 Å². The van der Waals surface area contributed by atoms with Crippen molar-refractivity contribution in [2.75, 3.05) is 44.7 Å². The Morgan fingerprint density at radius 3 is 2.63 bits per heavy atom. The van der Waals surface area contributed by atoms with Gasteiger partial charge in [-0.25, -0.2) is 15.0 Å². The van der Waals surface area contributed by atoms with E-state index in [1.165, 1.54) is 0 Å². The highest BCUT2D eigenvalue weighted by Gasteiger charge is 2.20. The summed E-state index contributed by atoms with van der Waals surface area (Å²) in [6, 6.07) is 9.93. The van der Waals surface area contributed by atoms with E-state index in [4.69, 9.17) is 9.73 Å². The predicted octanol–water partition coefficient (Wildman–Crippen LogP) is 2.39. The van der Waals surface area contributed by atoms with E-state index in [0.717, 1.165) is 50.1 Å². The molecule has 0 spiro atoms. The SMILES string of the molecule is CCNC(=NCc1ccnc(OC)c1)N1CCN(c2ccccn2)CC1.I. The minimum absolute atomic E-state index is 0.